The Labute approximate surface area is 161 Å². The number of nitrogens with zero attached hydrogens (tertiary/aromatic N) is 5. The van der Waals surface area contributed by atoms with E-state index in [4.69, 9.17) is 4.42 Å². The van der Waals surface area contributed by atoms with E-state index in [9.17, 15) is 9.59 Å². The summed E-state index contributed by atoms with van der Waals surface area (Å²) in [4.78, 5) is 31.0. The first-order valence-corrected chi connectivity index (χ1v) is 9.12. The van der Waals surface area contributed by atoms with Crippen LogP contribution >= 0.6 is 0 Å². The fourth-order valence-electron chi connectivity index (χ4n) is 3.25. The molecule has 0 aliphatic carbocycles. The van der Waals surface area contributed by atoms with E-state index < -0.39 is 0 Å². The topological polar surface area (TPSA) is 106 Å². The van der Waals surface area contributed by atoms with Gasteiger partial charge in [0.05, 0.1) is 11.8 Å². The molecule has 9 heteroatoms. The van der Waals surface area contributed by atoms with Crippen LogP contribution in [0.15, 0.2) is 53.9 Å². The van der Waals surface area contributed by atoms with E-state index in [1.807, 2.05) is 4.90 Å². The maximum Gasteiger partial charge on any atom is 0.269 e. The number of rotatable bonds is 5. The quantitative estimate of drug-likeness (QED) is 0.720. The van der Waals surface area contributed by atoms with Gasteiger partial charge >= 0.3 is 0 Å². The highest BCUT2D eigenvalue weighted by atomic mass is 16.3. The second kappa shape index (κ2) is 8.03. The van der Waals surface area contributed by atoms with Gasteiger partial charge in [-0.05, 0) is 37.0 Å². The zero-order valence-corrected chi connectivity index (χ0v) is 15.2. The number of nitrogens with one attached hydrogen (secondary N) is 1. The van der Waals surface area contributed by atoms with Crippen molar-refractivity contribution in [2.45, 2.75) is 12.8 Å². The molecule has 4 rings (SSSR count). The lowest BCUT2D eigenvalue weighted by atomic mass is 9.96. The number of hydrogen-bond acceptors (Lipinski definition) is 6. The minimum Gasteiger partial charge on any atom is -0.472 e. The number of amides is 2. The van der Waals surface area contributed by atoms with Crippen LogP contribution in [0.4, 0.5) is 0 Å². The second-order valence-electron chi connectivity index (χ2n) is 6.71. The molecule has 0 unspecified atom stereocenters. The Kier molecular flexibility index (Phi) is 5.14. The van der Waals surface area contributed by atoms with E-state index in [2.05, 4.69) is 20.5 Å². The number of aromatic nitrogens is 4. The van der Waals surface area contributed by atoms with Crippen molar-refractivity contribution < 1.29 is 14.0 Å². The van der Waals surface area contributed by atoms with Gasteiger partial charge in [-0.15, -0.1) is 10.2 Å². The summed E-state index contributed by atoms with van der Waals surface area (Å²) < 4.78 is 6.62. The zero-order chi connectivity index (χ0) is 19.3. The molecular formula is C19H20N6O3. The van der Waals surface area contributed by atoms with Gasteiger partial charge in [-0.25, -0.2) is 4.98 Å². The van der Waals surface area contributed by atoms with Crippen LogP contribution in [0.3, 0.4) is 0 Å². The van der Waals surface area contributed by atoms with Crippen molar-refractivity contribution in [2.24, 2.45) is 5.92 Å². The summed E-state index contributed by atoms with van der Waals surface area (Å²) in [5, 5.41) is 10.4. The van der Waals surface area contributed by atoms with Gasteiger partial charge < -0.3 is 14.6 Å². The number of likely N-dealkylation sites (tertiary alicyclic amines) is 1. The van der Waals surface area contributed by atoms with Crippen LogP contribution in [0.25, 0.3) is 5.82 Å². The molecule has 0 radical (unpaired) electrons. The van der Waals surface area contributed by atoms with Gasteiger partial charge in [-0.1, -0.05) is 6.07 Å². The standard InChI is InChI=1S/C19H20N6O3/c26-18(16-2-1-3-17(23-16)25-12-21-22-13-25)20-10-14-4-7-24(8-5-14)19(27)15-6-9-28-11-15/h1-3,6,9,11-14H,4-5,7-8,10H2,(H,20,26). The van der Waals surface area contributed by atoms with Gasteiger partial charge in [0.25, 0.3) is 11.8 Å². The molecule has 2 amide bonds. The molecule has 3 aromatic rings. The van der Waals surface area contributed by atoms with Crippen LogP contribution in [0, 0.1) is 5.92 Å². The SMILES string of the molecule is O=C(NCC1CCN(C(=O)c2ccoc2)CC1)c1cccc(-n2cnnc2)n1. The van der Waals surface area contributed by atoms with Crippen molar-refractivity contribution in [3.63, 3.8) is 0 Å². The number of carbonyl (C=O) groups excluding carboxylic acids is 2. The average Bonchev–Trinajstić information content (AvgIpc) is 3.46. The Morgan fingerprint density at radius 1 is 1.14 bits per heavy atom. The van der Waals surface area contributed by atoms with Crippen molar-refractivity contribution in [3.05, 3.63) is 60.7 Å². The molecule has 0 atom stereocenters. The van der Waals surface area contributed by atoms with E-state index in [1.54, 1.807) is 28.8 Å². The normalized spacial score (nSPS) is 14.8. The third kappa shape index (κ3) is 3.93. The first-order chi connectivity index (χ1) is 13.7. The summed E-state index contributed by atoms with van der Waals surface area (Å²) in [6.45, 7) is 1.91. The maximum absolute atomic E-state index is 12.4. The predicted octanol–water partition coefficient (Wildman–Crippen LogP) is 1.54. The molecule has 4 heterocycles. The van der Waals surface area contributed by atoms with Crippen LogP contribution in [0.5, 0.6) is 0 Å². The Morgan fingerprint density at radius 2 is 1.93 bits per heavy atom. The van der Waals surface area contributed by atoms with Crippen LogP contribution in [0.2, 0.25) is 0 Å². The highest BCUT2D eigenvalue weighted by Crippen LogP contribution is 2.19. The molecule has 28 heavy (non-hydrogen) atoms. The summed E-state index contributed by atoms with van der Waals surface area (Å²) in [6.07, 6.45) is 7.72. The Bertz CT molecular complexity index is 931. The molecule has 0 spiro atoms. The van der Waals surface area contributed by atoms with Crippen LogP contribution < -0.4 is 5.32 Å². The van der Waals surface area contributed by atoms with Crippen molar-refractivity contribution in [1.82, 2.24) is 30.0 Å². The van der Waals surface area contributed by atoms with Gasteiger partial charge in [0.2, 0.25) is 0 Å². The summed E-state index contributed by atoms with van der Waals surface area (Å²) >= 11 is 0. The molecule has 144 valence electrons. The Morgan fingerprint density at radius 3 is 2.64 bits per heavy atom. The number of furan rings is 1. The van der Waals surface area contributed by atoms with E-state index in [1.165, 1.54) is 25.2 Å². The molecule has 0 bridgehead atoms. The van der Waals surface area contributed by atoms with Crippen LogP contribution in [-0.4, -0.2) is 56.1 Å². The Balaban J connectivity index is 1.28. The van der Waals surface area contributed by atoms with Crippen molar-refractivity contribution >= 4 is 11.8 Å². The van der Waals surface area contributed by atoms with E-state index >= 15 is 0 Å². The first kappa shape index (κ1) is 17.9. The molecule has 1 fully saturated rings. The fraction of sp³-hybridized carbons (Fsp3) is 0.316. The molecule has 0 saturated carbocycles. The molecule has 1 saturated heterocycles. The highest BCUT2D eigenvalue weighted by Gasteiger charge is 2.24. The molecule has 0 aromatic carbocycles. The first-order valence-electron chi connectivity index (χ1n) is 9.12. The van der Waals surface area contributed by atoms with Crippen molar-refractivity contribution in [3.8, 4) is 5.82 Å². The van der Waals surface area contributed by atoms with Gasteiger partial charge in [-0.2, -0.15) is 0 Å². The lowest BCUT2D eigenvalue weighted by Crippen LogP contribution is -2.41. The second-order valence-corrected chi connectivity index (χ2v) is 6.71. The molecule has 1 N–H and O–H groups in total. The van der Waals surface area contributed by atoms with E-state index in [-0.39, 0.29) is 11.8 Å². The van der Waals surface area contributed by atoms with E-state index in [0.29, 0.717) is 42.6 Å². The van der Waals surface area contributed by atoms with Gasteiger partial charge in [0.1, 0.15) is 30.4 Å². The lowest BCUT2D eigenvalue weighted by molar-refractivity contribution is 0.0683. The number of piperidine rings is 1. The summed E-state index contributed by atoms with van der Waals surface area (Å²) in [6, 6.07) is 6.91. The predicted molar refractivity (Wildman–Crippen MR) is 98.8 cm³/mol. The maximum atomic E-state index is 12.4. The minimum absolute atomic E-state index is 0.00811. The van der Waals surface area contributed by atoms with E-state index in [0.717, 1.165) is 12.8 Å². The molecule has 9 nitrogen and oxygen atoms in total. The third-order valence-electron chi connectivity index (χ3n) is 4.87. The molecular weight excluding hydrogens is 360 g/mol. The third-order valence-corrected chi connectivity index (χ3v) is 4.87. The molecule has 3 aromatic heterocycles. The number of pyridine rings is 1. The van der Waals surface area contributed by atoms with Crippen LogP contribution in [-0.2, 0) is 0 Å². The summed E-state index contributed by atoms with van der Waals surface area (Å²) in [5.74, 6) is 0.695. The monoisotopic (exact) mass is 380 g/mol. The van der Waals surface area contributed by atoms with Gasteiger partial charge in [0.15, 0.2) is 0 Å². The number of carbonyl (C=O) groups is 2. The molecule has 1 aliphatic rings. The summed E-state index contributed by atoms with van der Waals surface area (Å²) in [5.41, 5.74) is 0.921. The number of hydrogen-bond donors (Lipinski definition) is 1. The van der Waals surface area contributed by atoms with Crippen LogP contribution in [0.1, 0.15) is 33.7 Å². The highest BCUT2D eigenvalue weighted by molar-refractivity contribution is 5.94. The zero-order valence-electron chi connectivity index (χ0n) is 15.2. The molecule has 1 aliphatic heterocycles. The lowest BCUT2D eigenvalue weighted by Gasteiger charge is -2.31. The van der Waals surface area contributed by atoms with Crippen molar-refractivity contribution in [2.75, 3.05) is 19.6 Å². The average molecular weight is 380 g/mol. The largest absolute Gasteiger partial charge is 0.472 e. The smallest absolute Gasteiger partial charge is 0.269 e. The Hall–Kier alpha value is -3.49. The van der Waals surface area contributed by atoms with Gasteiger partial charge in [0, 0.05) is 19.6 Å². The minimum atomic E-state index is -0.216. The van der Waals surface area contributed by atoms with Crippen molar-refractivity contribution in [1.29, 1.82) is 0 Å². The summed E-state index contributed by atoms with van der Waals surface area (Å²) in [7, 11) is 0. The van der Waals surface area contributed by atoms with Gasteiger partial charge in [-0.3, -0.25) is 14.2 Å². The fourth-order valence-corrected chi connectivity index (χ4v) is 3.25.